The average molecular weight is 220 g/mol. The number of hydrogen-bond acceptors (Lipinski definition) is 2. The molecule has 0 aliphatic rings. The first-order valence-corrected chi connectivity index (χ1v) is 5.84. The Morgan fingerprint density at radius 2 is 1.62 bits per heavy atom. The third kappa shape index (κ3) is 5.17. The van der Waals surface area contributed by atoms with E-state index in [-0.39, 0.29) is 0 Å². The molecule has 16 heavy (non-hydrogen) atoms. The van der Waals surface area contributed by atoms with Crippen molar-refractivity contribution >= 4 is 5.69 Å². The number of benzene rings is 1. The smallest absolute Gasteiger partial charge is 0.0340 e. The summed E-state index contributed by atoms with van der Waals surface area (Å²) in [5, 5.41) is 3.45. The van der Waals surface area contributed by atoms with Gasteiger partial charge in [-0.15, -0.1) is 0 Å². The van der Waals surface area contributed by atoms with Crippen LogP contribution in [0.25, 0.3) is 0 Å². The van der Waals surface area contributed by atoms with Gasteiger partial charge in [0, 0.05) is 18.8 Å². The van der Waals surface area contributed by atoms with E-state index in [1.165, 1.54) is 11.3 Å². The minimum atomic E-state index is 0.322. The van der Waals surface area contributed by atoms with E-state index in [0.29, 0.717) is 5.41 Å². The monoisotopic (exact) mass is 220 g/mol. The lowest BCUT2D eigenvalue weighted by atomic mass is 9.97. The van der Waals surface area contributed by atoms with Crippen LogP contribution in [0.15, 0.2) is 24.3 Å². The second-order valence-electron chi connectivity index (χ2n) is 5.85. The molecule has 90 valence electrons. The molecule has 0 bridgehead atoms. The quantitative estimate of drug-likeness (QED) is 0.838. The Morgan fingerprint density at radius 3 is 2.06 bits per heavy atom. The maximum atomic E-state index is 3.45. The summed E-state index contributed by atoms with van der Waals surface area (Å²) in [6.07, 6.45) is 0. The SMILES string of the molecule is CN(C)Cc1ccc(NCC(C)(C)C)cc1. The van der Waals surface area contributed by atoms with Crippen molar-refractivity contribution in [3.05, 3.63) is 29.8 Å². The van der Waals surface area contributed by atoms with Crippen LogP contribution in [0.4, 0.5) is 5.69 Å². The van der Waals surface area contributed by atoms with Crippen molar-refractivity contribution in [3.8, 4) is 0 Å². The van der Waals surface area contributed by atoms with Crippen molar-refractivity contribution in [1.29, 1.82) is 0 Å². The predicted octanol–water partition coefficient (Wildman–Crippen LogP) is 3.21. The molecular weight excluding hydrogens is 196 g/mol. The van der Waals surface area contributed by atoms with Gasteiger partial charge in [-0.1, -0.05) is 32.9 Å². The fraction of sp³-hybridized carbons (Fsp3) is 0.571. The standard InChI is InChI=1S/C14H24N2/c1-14(2,3)11-15-13-8-6-12(7-9-13)10-16(4)5/h6-9,15H,10-11H2,1-5H3. The van der Waals surface area contributed by atoms with Gasteiger partial charge >= 0.3 is 0 Å². The van der Waals surface area contributed by atoms with Gasteiger partial charge in [0.1, 0.15) is 0 Å². The van der Waals surface area contributed by atoms with Gasteiger partial charge in [0.05, 0.1) is 0 Å². The summed E-state index contributed by atoms with van der Waals surface area (Å²) in [5.41, 5.74) is 2.88. The fourth-order valence-corrected chi connectivity index (χ4v) is 1.46. The Morgan fingerprint density at radius 1 is 1.06 bits per heavy atom. The molecule has 0 unspecified atom stereocenters. The number of nitrogens with zero attached hydrogens (tertiary/aromatic N) is 1. The van der Waals surface area contributed by atoms with Crippen LogP contribution in [0.2, 0.25) is 0 Å². The normalized spacial score (nSPS) is 11.9. The molecule has 0 fully saturated rings. The molecule has 1 rings (SSSR count). The number of nitrogens with one attached hydrogen (secondary N) is 1. The van der Waals surface area contributed by atoms with E-state index in [9.17, 15) is 0 Å². The zero-order chi connectivity index (χ0) is 12.2. The molecule has 2 nitrogen and oxygen atoms in total. The minimum Gasteiger partial charge on any atom is -0.385 e. The van der Waals surface area contributed by atoms with Crippen LogP contribution in [0.1, 0.15) is 26.3 Å². The molecule has 0 radical (unpaired) electrons. The predicted molar refractivity (Wildman–Crippen MR) is 71.8 cm³/mol. The van der Waals surface area contributed by atoms with Gasteiger partial charge in [0.25, 0.3) is 0 Å². The average Bonchev–Trinajstić information content (AvgIpc) is 2.14. The molecule has 0 atom stereocenters. The molecule has 1 N–H and O–H groups in total. The number of hydrogen-bond donors (Lipinski definition) is 1. The maximum Gasteiger partial charge on any atom is 0.0340 e. The fourth-order valence-electron chi connectivity index (χ4n) is 1.46. The number of anilines is 1. The highest BCUT2D eigenvalue weighted by molar-refractivity contribution is 5.44. The summed E-state index contributed by atoms with van der Waals surface area (Å²) in [4.78, 5) is 2.18. The van der Waals surface area contributed by atoms with Gasteiger partial charge in [0.15, 0.2) is 0 Å². The van der Waals surface area contributed by atoms with E-state index in [1.807, 2.05) is 0 Å². The second-order valence-corrected chi connectivity index (χ2v) is 5.85. The molecule has 2 heteroatoms. The van der Waals surface area contributed by atoms with Gasteiger partial charge in [-0.3, -0.25) is 0 Å². The largest absolute Gasteiger partial charge is 0.385 e. The van der Waals surface area contributed by atoms with E-state index in [1.54, 1.807) is 0 Å². The number of rotatable bonds is 4. The third-order valence-corrected chi connectivity index (χ3v) is 2.28. The van der Waals surface area contributed by atoms with Crippen LogP contribution in [-0.2, 0) is 6.54 Å². The van der Waals surface area contributed by atoms with Crippen LogP contribution >= 0.6 is 0 Å². The van der Waals surface area contributed by atoms with Crippen molar-refractivity contribution in [1.82, 2.24) is 4.90 Å². The van der Waals surface area contributed by atoms with Crippen LogP contribution in [0.3, 0.4) is 0 Å². The maximum absolute atomic E-state index is 3.45. The van der Waals surface area contributed by atoms with Crippen LogP contribution in [-0.4, -0.2) is 25.5 Å². The van der Waals surface area contributed by atoms with Gasteiger partial charge in [0.2, 0.25) is 0 Å². The van der Waals surface area contributed by atoms with Crippen molar-refractivity contribution in [2.75, 3.05) is 26.0 Å². The lowest BCUT2D eigenvalue weighted by molar-refractivity contribution is 0.402. The highest BCUT2D eigenvalue weighted by Crippen LogP contribution is 2.16. The molecule has 1 aromatic rings. The second kappa shape index (κ2) is 5.35. The zero-order valence-electron chi connectivity index (χ0n) is 11.2. The molecule has 0 aliphatic heterocycles. The van der Waals surface area contributed by atoms with Gasteiger partial charge < -0.3 is 10.2 Å². The Bertz CT molecular complexity index is 307. The van der Waals surface area contributed by atoms with Crippen LogP contribution in [0, 0.1) is 5.41 Å². The zero-order valence-corrected chi connectivity index (χ0v) is 11.2. The Kier molecular flexibility index (Phi) is 4.36. The summed E-state index contributed by atoms with van der Waals surface area (Å²) in [6, 6.07) is 8.69. The first kappa shape index (κ1) is 13.0. The van der Waals surface area contributed by atoms with E-state index in [2.05, 4.69) is 69.3 Å². The molecule has 0 aliphatic carbocycles. The van der Waals surface area contributed by atoms with Gasteiger partial charge in [-0.25, -0.2) is 0 Å². The van der Waals surface area contributed by atoms with Crippen molar-refractivity contribution in [3.63, 3.8) is 0 Å². The molecular formula is C14H24N2. The lowest BCUT2D eigenvalue weighted by Gasteiger charge is -2.19. The van der Waals surface area contributed by atoms with Crippen LogP contribution in [0.5, 0.6) is 0 Å². The highest BCUT2D eigenvalue weighted by Gasteiger charge is 2.08. The van der Waals surface area contributed by atoms with Crippen LogP contribution < -0.4 is 5.32 Å². The van der Waals surface area contributed by atoms with Crippen molar-refractivity contribution in [2.24, 2.45) is 5.41 Å². The van der Waals surface area contributed by atoms with Gasteiger partial charge in [-0.05, 0) is 37.2 Å². The molecule has 1 aromatic carbocycles. The first-order valence-electron chi connectivity index (χ1n) is 5.84. The lowest BCUT2D eigenvalue weighted by Crippen LogP contribution is -2.19. The Hall–Kier alpha value is -1.02. The molecule has 0 saturated heterocycles. The highest BCUT2D eigenvalue weighted by atomic mass is 15.0. The first-order chi connectivity index (χ1) is 7.37. The molecule has 0 amide bonds. The molecule has 0 heterocycles. The Balaban J connectivity index is 2.51. The molecule has 0 saturated carbocycles. The van der Waals surface area contributed by atoms with Crippen molar-refractivity contribution in [2.45, 2.75) is 27.3 Å². The molecule has 0 aromatic heterocycles. The van der Waals surface area contributed by atoms with E-state index < -0.39 is 0 Å². The molecule has 0 spiro atoms. The minimum absolute atomic E-state index is 0.322. The topological polar surface area (TPSA) is 15.3 Å². The third-order valence-electron chi connectivity index (χ3n) is 2.28. The van der Waals surface area contributed by atoms with E-state index >= 15 is 0 Å². The van der Waals surface area contributed by atoms with E-state index in [4.69, 9.17) is 0 Å². The summed E-state index contributed by atoms with van der Waals surface area (Å²) in [5.74, 6) is 0. The summed E-state index contributed by atoms with van der Waals surface area (Å²) >= 11 is 0. The summed E-state index contributed by atoms with van der Waals surface area (Å²) < 4.78 is 0. The van der Waals surface area contributed by atoms with Crippen molar-refractivity contribution < 1.29 is 0 Å². The van der Waals surface area contributed by atoms with Gasteiger partial charge in [-0.2, -0.15) is 0 Å². The summed E-state index contributed by atoms with van der Waals surface area (Å²) in [6.45, 7) is 8.71. The van der Waals surface area contributed by atoms with E-state index in [0.717, 1.165) is 13.1 Å². The summed E-state index contributed by atoms with van der Waals surface area (Å²) in [7, 11) is 4.18. The Labute approximate surface area is 99.7 Å².